The summed E-state index contributed by atoms with van der Waals surface area (Å²) in [6, 6.07) is 16.4. The normalized spacial score (nSPS) is 11.6. The van der Waals surface area contributed by atoms with Gasteiger partial charge in [0, 0.05) is 17.0 Å². The quantitative estimate of drug-likeness (QED) is 0.230. The number of nitrogen functional groups attached to an aromatic ring is 1. The first kappa shape index (κ1) is 25.3. The van der Waals surface area contributed by atoms with Crippen LogP contribution in [-0.2, 0) is 10.0 Å². The Kier molecular flexibility index (Phi) is 6.33. The Balaban J connectivity index is 1.46. The molecule has 38 heavy (non-hydrogen) atoms. The third kappa shape index (κ3) is 4.93. The zero-order chi connectivity index (χ0) is 27.2. The van der Waals surface area contributed by atoms with Crippen molar-refractivity contribution in [3.8, 4) is 17.2 Å². The zero-order valence-corrected chi connectivity index (χ0v) is 21.7. The second-order valence-corrected chi connectivity index (χ2v) is 10.8. The van der Waals surface area contributed by atoms with Crippen molar-refractivity contribution in [1.82, 2.24) is 14.8 Å². The number of H-pyrrole nitrogens is 1. The van der Waals surface area contributed by atoms with Gasteiger partial charge in [0.15, 0.2) is 5.82 Å². The Morgan fingerprint density at radius 2 is 1.87 bits per heavy atom. The van der Waals surface area contributed by atoms with Crippen LogP contribution in [0, 0.1) is 12.7 Å². The fourth-order valence-corrected chi connectivity index (χ4v) is 4.90. The topological polar surface area (TPSA) is 132 Å². The number of nitrogens with two attached hydrogens (primary N) is 1. The van der Waals surface area contributed by atoms with Gasteiger partial charge in [-0.2, -0.15) is 5.10 Å². The van der Waals surface area contributed by atoms with Gasteiger partial charge in [0.2, 0.25) is 15.8 Å². The van der Waals surface area contributed by atoms with E-state index in [1.54, 1.807) is 31.2 Å². The summed E-state index contributed by atoms with van der Waals surface area (Å²) >= 11 is 6.19. The highest BCUT2D eigenvalue weighted by Gasteiger charge is 2.23. The predicted molar refractivity (Wildman–Crippen MR) is 144 cm³/mol. The van der Waals surface area contributed by atoms with Crippen LogP contribution in [0.4, 0.5) is 15.9 Å². The van der Waals surface area contributed by atoms with Crippen LogP contribution in [0.2, 0.25) is 5.02 Å². The molecule has 12 heteroatoms. The number of aromatic nitrogens is 3. The number of sulfonamides is 1. The maximum Gasteiger partial charge on any atom is 0.229 e. The molecule has 2 aromatic heterocycles. The lowest BCUT2D eigenvalue weighted by molar-refractivity contribution is 0.103. The van der Waals surface area contributed by atoms with E-state index in [0.717, 1.165) is 10.9 Å². The number of aromatic amines is 1. The van der Waals surface area contributed by atoms with Crippen molar-refractivity contribution in [1.29, 1.82) is 0 Å². The van der Waals surface area contributed by atoms with Crippen LogP contribution in [0.1, 0.15) is 21.6 Å². The van der Waals surface area contributed by atoms with Crippen LogP contribution in [-0.4, -0.2) is 35.2 Å². The summed E-state index contributed by atoms with van der Waals surface area (Å²) in [4.78, 5) is 16.2. The lowest BCUT2D eigenvalue weighted by atomic mass is 10.1. The number of carbonyl (C=O) groups excluding carboxylic acids is 1. The molecule has 0 aliphatic rings. The number of anilines is 2. The van der Waals surface area contributed by atoms with Gasteiger partial charge in [-0.15, -0.1) is 0 Å². The van der Waals surface area contributed by atoms with Crippen LogP contribution in [0.3, 0.4) is 0 Å². The first-order valence-corrected chi connectivity index (χ1v) is 13.5. The number of carbonyl (C=O) groups is 1. The van der Waals surface area contributed by atoms with E-state index in [2.05, 4.69) is 14.8 Å². The molecule has 5 rings (SSSR count). The lowest BCUT2D eigenvalue weighted by Gasteiger charge is -2.13. The minimum atomic E-state index is -3.55. The smallest absolute Gasteiger partial charge is 0.229 e. The summed E-state index contributed by atoms with van der Waals surface area (Å²) in [5.74, 6) is -0.302. The Labute approximate surface area is 222 Å². The molecule has 5 aromatic rings. The molecule has 194 valence electrons. The molecule has 0 unspecified atom stereocenters. The number of halogens is 2. The van der Waals surface area contributed by atoms with Crippen LogP contribution in [0.25, 0.3) is 16.6 Å². The van der Waals surface area contributed by atoms with Gasteiger partial charge >= 0.3 is 0 Å². The number of para-hydroxylation sites is 1. The molecule has 9 nitrogen and oxygen atoms in total. The summed E-state index contributed by atoms with van der Waals surface area (Å²) in [5.41, 5.74) is 7.75. The van der Waals surface area contributed by atoms with E-state index in [1.165, 1.54) is 24.4 Å². The molecule has 0 radical (unpaired) electrons. The number of ether oxygens (including phenoxy) is 1. The number of benzene rings is 3. The largest absolute Gasteiger partial charge is 0.457 e. The highest BCUT2D eigenvalue weighted by Crippen LogP contribution is 2.32. The molecule has 0 saturated carbocycles. The number of nitrogens with zero attached hydrogens (tertiary/aromatic N) is 2. The molecule has 0 spiro atoms. The van der Waals surface area contributed by atoms with Crippen molar-refractivity contribution in [2.75, 3.05) is 16.7 Å². The second-order valence-electron chi connectivity index (χ2n) is 8.65. The molecule has 0 aliphatic heterocycles. The summed E-state index contributed by atoms with van der Waals surface area (Å²) < 4.78 is 47.6. The van der Waals surface area contributed by atoms with E-state index in [1.807, 2.05) is 18.2 Å². The monoisotopic (exact) mass is 553 g/mol. The SMILES string of the molecule is Cc1cc(Oc2ccccc2)cc(F)c1-n1ncc(C(=O)c2cc3cc(NS(C)(=O)=O)c(Cl)cc3[nH]2)c1N. The Morgan fingerprint density at radius 1 is 1.13 bits per heavy atom. The molecule has 4 N–H and O–H groups in total. The summed E-state index contributed by atoms with van der Waals surface area (Å²) in [6.07, 6.45) is 2.27. The summed E-state index contributed by atoms with van der Waals surface area (Å²) in [7, 11) is -3.55. The van der Waals surface area contributed by atoms with E-state index in [0.29, 0.717) is 28.0 Å². The van der Waals surface area contributed by atoms with E-state index in [-0.39, 0.29) is 33.5 Å². The molecule has 3 aromatic carbocycles. The van der Waals surface area contributed by atoms with Crippen LogP contribution in [0.5, 0.6) is 11.5 Å². The summed E-state index contributed by atoms with van der Waals surface area (Å²) in [5, 5.41) is 4.87. The van der Waals surface area contributed by atoms with Crippen molar-refractivity contribution in [2.24, 2.45) is 0 Å². The van der Waals surface area contributed by atoms with E-state index in [4.69, 9.17) is 22.1 Å². The van der Waals surface area contributed by atoms with Gasteiger partial charge in [0.05, 0.1) is 34.4 Å². The number of ketones is 1. The van der Waals surface area contributed by atoms with Gasteiger partial charge < -0.3 is 15.5 Å². The molecule has 0 atom stereocenters. The lowest BCUT2D eigenvalue weighted by Crippen LogP contribution is -2.10. The van der Waals surface area contributed by atoms with Gasteiger partial charge in [0.25, 0.3) is 0 Å². The van der Waals surface area contributed by atoms with Crippen molar-refractivity contribution in [2.45, 2.75) is 6.92 Å². The van der Waals surface area contributed by atoms with Crippen molar-refractivity contribution >= 4 is 49.8 Å². The highest BCUT2D eigenvalue weighted by atomic mass is 35.5. The highest BCUT2D eigenvalue weighted by molar-refractivity contribution is 7.92. The third-order valence-corrected chi connectivity index (χ3v) is 6.62. The van der Waals surface area contributed by atoms with Gasteiger partial charge in [-0.1, -0.05) is 29.8 Å². The number of hydrogen-bond acceptors (Lipinski definition) is 6. The first-order valence-electron chi connectivity index (χ1n) is 11.2. The molecule has 0 saturated heterocycles. The second kappa shape index (κ2) is 9.51. The molecule has 2 heterocycles. The van der Waals surface area contributed by atoms with Crippen LogP contribution < -0.4 is 15.2 Å². The Bertz CT molecular complexity index is 1790. The molecule has 0 amide bonds. The fourth-order valence-electron chi connectivity index (χ4n) is 4.07. The summed E-state index contributed by atoms with van der Waals surface area (Å²) in [6.45, 7) is 1.68. The molecular weight excluding hydrogens is 533 g/mol. The Hall–Kier alpha value is -4.35. The van der Waals surface area contributed by atoms with Crippen molar-refractivity contribution in [3.63, 3.8) is 0 Å². The minimum Gasteiger partial charge on any atom is -0.457 e. The molecular formula is C26H21ClFN5O4S. The van der Waals surface area contributed by atoms with Gasteiger partial charge in [0.1, 0.15) is 23.0 Å². The van der Waals surface area contributed by atoms with Gasteiger partial charge in [-0.25, -0.2) is 17.5 Å². The van der Waals surface area contributed by atoms with Gasteiger partial charge in [-0.05, 0) is 48.9 Å². The fraction of sp³-hybridized carbons (Fsp3) is 0.0769. The standard InChI is InChI=1S/C26H21ClFN5O4S/c1-14-8-17(37-16-6-4-3-5-7-16)11-20(28)24(14)33-26(29)18(13-30-33)25(34)23-10-15-9-22(32-38(2,35)36)19(27)12-21(15)31-23/h3-13,31-32H,29H2,1-2H3. The van der Waals surface area contributed by atoms with E-state index < -0.39 is 21.6 Å². The predicted octanol–water partition coefficient (Wildman–Crippen LogP) is 5.43. The number of rotatable bonds is 7. The number of aryl methyl sites for hydroxylation is 1. The maximum absolute atomic E-state index is 15.2. The van der Waals surface area contributed by atoms with Crippen molar-refractivity contribution in [3.05, 3.63) is 94.5 Å². The molecule has 0 fully saturated rings. The number of fused-ring (bicyclic) bond motifs is 1. The van der Waals surface area contributed by atoms with Crippen LogP contribution in [0.15, 0.2) is 66.9 Å². The van der Waals surface area contributed by atoms with Crippen molar-refractivity contribution < 1.29 is 22.3 Å². The van der Waals surface area contributed by atoms with Gasteiger partial charge in [-0.3, -0.25) is 9.52 Å². The maximum atomic E-state index is 15.2. The zero-order valence-electron chi connectivity index (χ0n) is 20.1. The molecule has 0 bridgehead atoms. The average molecular weight is 554 g/mol. The Morgan fingerprint density at radius 3 is 2.55 bits per heavy atom. The minimum absolute atomic E-state index is 0.0511. The van der Waals surface area contributed by atoms with E-state index in [9.17, 15) is 13.2 Å². The molecule has 0 aliphatic carbocycles. The number of nitrogens with one attached hydrogen (secondary N) is 2. The first-order chi connectivity index (χ1) is 18.0. The number of hydrogen-bond donors (Lipinski definition) is 3. The van der Waals surface area contributed by atoms with E-state index >= 15 is 4.39 Å². The third-order valence-electron chi connectivity index (χ3n) is 5.72. The van der Waals surface area contributed by atoms with Crippen LogP contribution >= 0.6 is 11.6 Å². The average Bonchev–Trinajstić information content (AvgIpc) is 3.41.